The summed E-state index contributed by atoms with van der Waals surface area (Å²) in [6.07, 6.45) is 1.80. The highest BCUT2D eigenvalue weighted by atomic mass is 79.9. The van der Waals surface area contributed by atoms with Crippen LogP contribution in [0.3, 0.4) is 0 Å². The van der Waals surface area contributed by atoms with Gasteiger partial charge in [-0.25, -0.2) is 4.98 Å². The molecule has 0 atom stereocenters. The molecular weight excluding hydrogens is 292 g/mol. The van der Waals surface area contributed by atoms with Gasteiger partial charge in [-0.15, -0.1) is 0 Å². The van der Waals surface area contributed by atoms with Gasteiger partial charge in [0.2, 0.25) is 0 Å². The van der Waals surface area contributed by atoms with Crippen LogP contribution in [-0.2, 0) is 6.54 Å². The van der Waals surface area contributed by atoms with Gasteiger partial charge in [0.05, 0.1) is 11.6 Å². The zero-order chi connectivity index (χ0) is 13.0. The second-order valence-corrected chi connectivity index (χ2v) is 4.75. The van der Waals surface area contributed by atoms with Gasteiger partial charge < -0.3 is 10.1 Å². The van der Waals surface area contributed by atoms with E-state index in [1.54, 1.807) is 13.3 Å². The number of ether oxygens (including phenoxy) is 1. The number of methoxy groups -OCH3 is 1. The summed E-state index contributed by atoms with van der Waals surface area (Å²) in [6.45, 7) is 2.72. The zero-order valence-corrected chi connectivity index (χ0v) is 12.0. The molecule has 0 fully saturated rings. The number of anilines is 1. The molecule has 2 aromatic rings. The number of para-hydroxylation sites is 1. The Bertz CT molecular complexity index is 543. The summed E-state index contributed by atoms with van der Waals surface area (Å²) in [7, 11) is 1.68. The molecule has 0 saturated carbocycles. The standard InChI is InChI=1S/C14H15BrN2O/c1-10-7-8-16-14(13(10)15)17-9-11-5-3-4-6-12(11)18-2/h3-8H,9H2,1-2H3,(H,16,17). The summed E-state index contributed by atoms with van der Waals surface area (Å²) in [5, 5.41) is 3.31. The van der Waals surface area contributed by atoms with Gasteiger partial charge >= 0.3 is 0 Å². The number of rotatable bonds is 4. The van der Waals surface area contributed by atoms with Crippen molar-refractivity contribution in [2.75, 3.05) is 12.4 Å². The Morgan fingerprint density at radius 2 is 2.06 bits per heavy atom. The molecule has 18 heavy (non-hydrogen) atoms. The van der Waals surface area contributed by atoms with Crippen molar-refractivity contribution in [1.82, 2.24) is 4.98 Å². The van der Waals surface area contributed by atoms with Crippen LogP contribution >= 0.6 is 15.9 Å². The minimum atomic E-state index is 0.680. The third kappa shape index (κ3) is 2.82. The van der Waals surface area contributed by atoms with Crippen LogP contribution in [0.1, 0.15) is 11.1 Å². The number of nitrogens with one attached hydrogen (secondary N) is 1. The van der Waals surface area contributed by atoms with Crippen LogP contribution in [0.5, 0.6) is 5.75 Å². The molecule has 0 aliphatic rings. The Morgan fingerprint density at radius 1 is 1.28 bits per heavy atom. The predicted octanol–water partition coefficient (Wildman–Crippen LogP) is 3.77. The fraction of sp³-hybridized carbons (Fsp3) is 0.214. The Hall–Kier alpha value is -1.55. The lowest BCUT2D eigenvalue weighted by molar-refractivity contribution is 0.410. The van der Waals surface area contributed by atoms with Crippen LogP contribution in [0, 0.1) is 6.92 Å². The molecule has 0 bridgehead atoms. The predicted molar refractivity (Wildman–Crippen MR) is 77.0 cm³/mol. The van der Waals surface area contributed by atoms with E-state index < -0.39 is 0 Å². The first-order valence-corrected chi connectivity index (χ1v) is 6.48. The van der Waals surface area contributed by atoms with Crippen molar-refractivity contribution in [1.29, 1.82) is 0 Å². The highest BCUT2D eigenvalue weighted by Gasteiger charge is 2.05. The maximum atomic E-state index is 5.32. The molecule has 0 aliphatic heterocycles. The molecule has 0 saturated heterocycles. The number of aryl methyl sites for hydroxylation is 1. The monoisotopic (exact) mass is 306 g/mol. The molecule has 1 aromatic carbocycles. The number of nitrogens with zero attached hydrogens (tertiary/aromatic N) is 1. The molecule has 3 nitrogen and oxygen atoms in total. The Morgan fingerprint density at radius 3 is 2.83 bits per heavy atom. The Kier molecular flexibility index (Phi) is 4.20. The average Bonchev–Trinajstić information content (AvgIpc) is 2.41. The zero-order valence-electron chi connectivity index (χ0n) is 10.4. The van der Waals surface area contributed by atoms with E-state index in [4.69, 9.17) is 4.74 Å². The van der Waals surface area contributed by atoms with Crippen LogP contribution in [0.15, 0.2) is 41.0 Å². The van der Waals surface area contributed by atoms with E-state index in [-0.39, 0.29) is 0 Å². The van der Waals surface area contributed by atoms with Gasteiger partial charge in [0.1, 0.15) is 11.6 Å². The van der Waals surface area contributed by atoms with Crippen LogP contribution in [0.25, 0.3) is 0 Å². The number of aromatic nitrogens is 1. The summed E-state index contributed by atoms with van der Waals surface area (Å²) in [4.78, 5) is 4.31. The molecule has 0 aliphatic carbocycles. The first-order valence-electron chi connectivity index (χ1n) is 5.69. The average molecular weight is 307 g/mol. The molecule has 0 spiro atoms. The third-order valence-corrected chi connectivity index (χ3v) is 3.72. The van der Waals surface area contributed by atoms with E-state index >= 15 is 0 Å². The topological polar surface area (TPSA) is 34.1 Å². The molecule has 0 amide bonds. The lowest BCUT2D eigenvalue weighted by atomic mass is 10.2. The van der Waals surface area contributed by atoms with Gasteiger partial charge in [0.25, 0.3) is 0 Å². The van der Waals surface area contributed by atoms with Crippen molar-refractivity contribution < 1.29 is 4.74 Å². The lowest BCUT2D eigenvalue weighted by Gasteiger charge is -2.11. The van der Waals surface area contributed by atoms with Crippen molar-refractivity contribution in [2.45, 2.75) is 13.5 Å². The van der Waals surface area contributed by atoms with Crippen LogP contribution in [-0.4, -0.2) is 12.1 Å². The maximum Gasteiger partial charge on any atom is 0.140 e. The van der Waals surface area contributed by atoms with Gasteiger partial charge in [0.15, 0.2) is 0 Å². The first kappa shape index (κ1) is 12.9. The number of halogens is 1. The van der Waals surface area contributed by atoms with Crippen LogP contribution in [0.4, 0.5) is 5.82 Å². The van der Waals surface area contributed by atoms with Gasteiger partial charge in [-0.05, 0) is 40.5 Å². The summed E-state index contributed by atoms with van der Waals surface area (Å²) in [6, 6.07) is 9.92. The second-order valence-electron chi connectivity index (χ2n) is 3.96. The van der Waals surface area contributed by atoms with Crippen LogP contribution in [0.2, 0.25) is 0 Å². The van der Waals surface area contributed by atoms with Gasteiger partial charge in [-0.3, -0.25) is 0 Å². The van der Waals surface area contributed by atoms with Crippen molar-refractivity contribution in [3.63, 3.8) is 0 Å². The summed E-state index contributed by atoms with van der Waals surface area (Å²) >= 11 is 3.53. The summed E-state index contributed by atoms with van der Waals surface area (Å²) < 4.78 is 6.32. The summed E-state index contributed by atoms with van der Waals surface area (Å²) in [5.74, 6) is 1.73. The Labute approximate surface area is 115 Å². The van der Waals surface area contributed by atoms with Gasteiger partial charge in [0, 0.05) is 18.3 Å². The van der Waals surface area contributed by atoms with E-state index in [0.29, 0.717) is 6.54 Å². The summed E-state index contributed by atoms with van der Waals surface area (Å²) in [5.41, 5.74) is 2.27. The van der Waals surface area contributed by atoms with E-state index in [1.807, 2.05) is 37.3 Å². The largest absolute Gasteiger partial charge is 0.496 e. The number of hydrogen-bond donors (Lipinski definition) is 1. The molecule has 4 heteroatoms. The van der Waals surface area contributed by atoms with Crippen molar-refractivity contribution in [3.8, 4) is 5.75 Å². The van der Waals surface area contributed by atoms with E-state index in [9.17, 15) is 0 Å². The van der Waals surface area contributed by atoms with E-state index in [2.05, 4.69) is 26.2 Å². The number of benzene rings is 1. The quantitative estimate of drug-likeness (QED) is 0.933. The number of hydrogen-bond acceptors (Lipinski definition) is 3. The molecule has 0 radical (unpaired) electrons. The Balaban J connectivity index is 2.14. The van der Waals surface area contributed by atoms with Crippen molar-refractivity contribution >= 4 is 21.7 Å². The third-order valence-electron chi connectivity index (χ3n) is 2.72. The van der Waals surface area contributed by atoms with Gasteiger partial charge in [-0.2, -0.15) is 0 Å². The molecule has 1 heterocycles. The first-order chi connectivity index (χ1) is 8.72. The van der Waals surface area contributed by atoms with Gasteiger partial charge in [-0.1, -0.05) is 18.2 Å². The molecular formula is C14H15BrN2O. The molecule has 2 rings (SSSR count). The van der Waals surface area contributed by atoms with E-state index in [1.165, 1.54) is 0 Å². The fourth-order valence-electron chi connectivity index (χ4n) is 1.69. The second kappa shape index (κ2) is 5.87. The minimum absolute atomic E-state index is 0.680. The normalized spacial score (nSPS) is 10.2. The maximum absolute atomic E-state index is 5.32. The van der Waals surface area contributed by atoms with Crippen molar-refractivity contribution in [3.05, 3.63) is 52.1 Å². The molecule has 0 unspecified atom stereocenters. The lowest BCUT2D eigenvalue weighted by Crippen LogP contribution is -2.04. The number of pyridine rings is 1. The van der Waals surface area contributed by atoms with Crippen LogP contribution < -0.4 is 10.1 Å². The highest BCUT2D eigenvalue weighted by molar-refractivity contribution is 9.10. The highest BCUT2D eigenvalue weighted by Crippen LogP contribution is 2.25. The van der Waals surface area contributed by atoms with Crippen molar-refractivity contribution in [2.24, 2.45) is 0 Å². The smallest absolute Gasteiger partial charge is 0.140 e. The SMILES string of the molecule is COc1ccccc1CNc1nccc(C)c1Br. The molecule has 94 valence electrons. The molecule has 1 aromatic heterocycles. The fourth-order valence-corrected chi connectivity index (χ4v) is 2.07. The van der Waals surface area contributed by atoms with E-state index in [0.717, 1.165) is 27.2 Å². The minimum Gasteiger partial charge on any atom is -0.496 e. The molecule has 1 N–H and O–H groups in total.